The van der Waals surface area contributed by atoms with E-state index in [1.807, 2.05) is 0 Å². The number of benzene rings is 1. The summed E-state index contributed by atoms with van der Waals surface area (Å²) in [6, 6.07) is 4.24. The van der Waals surface area contributed by atoms with Crippen LogP contribution >= 0.6 is 22.9 Å². The summed E-state index contributed by atoms with van der Waals surface area (Å²) in [4.78, 5) is 26.5. The van der Waals surface area contributed by atoms with Crippen molar-refractivity contribution in [2.75, 3.05) is 11.9 Å². The Morgan fingerprint density at radius 3 is 2.91 bits per heavy atom. The molecule has 0 unspecified atom stereocenters. The van der Waals surface area contributed by atoms with E-state index in [0.29, 0.717) is 10.0 Å². The topological polar surface area (TPSA) is 94.4 Å². The molecule has 2 aromatic rings. The number of hydrogen-bond acceptors (Lipinski definition) is 7. The zero-order chi connectivity index (χ0) is 16.3. The molecule has 0 spiro atoms. The summed E-state index contributed by atoms with van der Waals surface area (Å²) in [7, 11) is 0. The molecule has 0 aliphatic rings. The largest absolute Gasteiger partial charge is 0.461 e. The summed E-state index contributed by atoms with van der Waals surface area (Å²) < 4.78 is 4.93. The van der Waals surface area contributed by atoms with Crippen molar-refractivity contribution in [1.29, 1.82) is 0 Å². The molecule has 0 aliphatic carbocycles. The normalized spacial score (nSPS) is 10.3. The molecule has 2 rings (SSSR count). The Balaban J connectivity index is 2.40. The van der Waals surface area contributed by atoms with E-state index in [1.54, 1.807) is 13.8 Å². The first-order valence-electron chi connectivity index (χ1n) is 6.28. The summed E-state index contributed by atoms with van der Waals surface area (Å²) >= 11 is 6.98. The minimum absolute atomic E-state index is 0.105. The highest BCUT2D eigenvalue weighted by Crippen LogP contribution is 2.34. The zero-order valence-electron chi connectivity index (χ0n) is 11.8. The van der Waals surface area contributed by atoms with E-state index in [9.17, 15) is 14.9 Å². The van der Waals surface area contributed by atoms with Gasteiger partial charge in [0, 0.05) is 11.1 Å². The predicted molar refractivity (Wildman–Crippen MR) is 84.2 cm³/mol. The number of esters is 1. The molecule has 1 heterocycles. The number of nitrogens with one attached hydrogen (secondary N) is 1. The van der Waals surface area contributed by atoms with Gasteiger partial charge in [-0.25, -0.2) is 9.78 Å². The number of nitro benzene ring substituents is 1. The molecular formula is C13H12ClN3O4S. The Hall–Kier alpha value is -2.19. The molecule has 0 fully saturated rings. The second-order valence-electron chi connectivity index (χ2n) is 4.17. The van der Waals surface area contributed by atoms with Gasteiger partial charge in [-0.15, -0.1) is 11.3 Å². The maximum atomic E-state index is 11.9. The Labute approximate surface area is 135 Å². The number of ether oxygens (including phenoxy) is 1. The molecule has 7 nitrogen and oxygen atoms in total. The first-order chi connectivity index (χ1) is 10.4. The highest BCUT2D eigenvalue weighted by Gasteiger charge is 2.21. The Morgan fingerprint density at radius 1 is 1.55 bits per heavy atom. The molecule has 0 radical (unpaired) electrons. The van der Waals surface area contributed by atoms with Crippen LogP contribution in [0.2, 0.25) is 5.02 Å². The molecule has 22 heavy (non-hydrogen) atoms. The molecular weight excluding hydrogens is 330 g/mol. The van der Waals surface area contributed by atoms with E-state index in [0.717, 1.165) is 0 Å². The Morgan fingerprint density at radius 2 is 2.27 bits per heavy atom. The maximum Gasteiger partial charge on any atom is 0.360 e. The molecule has 116 valence electrons. The van der Waals surface area contributed by atoms with Crippen LogP contribution in [0.4, 0.5) is 16.4 Å². The summed E-state index contributed by atoms with van der Waals surface area (Å²) in [6.45, 7) is 3.64. The van der Waals surface area contributed by atoms with E-state index in [2.05, 4.69) is 10.3 Å². The molecule has 9 heteroatoms. The highest BCUT2D eigenvalue weighted by molar-refractivity contribution is 7.16. The summed E-state index contributed by atoms with van der Waals surface area (Å²) in [5, 5.41) is 15.2. The van der Waals surface area contributed by atoms with Crippen LogP contribution in [0.5, 0.6) is 0 Å². The first-order valence-corrected chi connectivity index (χ1v) is 7.47. The van der Waals surface area contributed by atoms with E-state index in [-0.39, 0.29) is 28.7 Å². The number of nitrogens with zero attached hydrogens (tertiary/aromatic N) is 2. The summed E-state index contributed by atoms with van der Waals surface area (Å²) in [6.07, 6.45) is 0. The number of carbonyl (C=O) groups excluding carboxylic acids is 1. The van der Waals surface area contributed by atoms with E-state index in [4.69, 9.17) is 16.3 Å². The maximum absolute atomic E-state index is 11.9. The fourth-order valence-electron chi connectivity index (χ4n) is 1.73. The van der Waals surface area contributed by atoms with E-state index >= 15 is 0 Å². The molecule has 1 aromatic heterocycles. The van der Waals surface area contributed by atoms with Crippen molar-refractivity contribution in [2.24, 2.45) is 0 Å². The summed E-state index contributed by atoms with van der Waals surface area (Å²) in [5.74, 6) is -0.578. The van der Waals surface area contributed by atoms with Gasteiger partial charge in [0.1, 0.15) is 10.7 Å². The third-order valence-electron chi connectivity index (χ3n) is 2.61. The number of aromatic nitrogens is 1. The van der Waals surface area contributed by atoms with Crippen LogP contribution < -0.4 is 5.32 Å². The van der Waals surface area contributed by atoms with Crippen LogP contribution in [-0.2, 0) is 4.74 Å². The van der Waals surface area contributed by atoms with Crippen molar-refractivity contribution in [1.82, 2.24) is 4.98 Å². The second-order valence-corrected chi connectivity index (χ2v) is 5.81. The quantitative estimate of drug-likeness (QED) is 0.503. The van der Waals surface area contributed by atoms with E-state index < -0.39 is 10.9 Å². The third-order valence-corrected chi connectivity index (χ3v) is 3.73. The lowest BCUT2D eigenvalue weighted by Crippen LogP contribution is -2.08. The number of nitro groups is 1. The van der Waals surface area contributed by atoms with Crippen molar-refractivity contribution in [2.45, 2.75) is 13.8 Å². The van der Waals surface area contributed by atoms with Gasteiger partial charge in [0.2, 0.25) is 0 Å². The molecule has 0 saturated carbocycles. The predicted octanol–water partition coefficient (Wildman–Crippen LogP) is 3.93. The van der Waals surface area contributed by atoms with Crippen molar-refractivity contribution in [3.05, 3.63) is 44.0 Å². The fourth-order valence-corrected chi connectivity index (χ4v) is 2.72. The Kier molecular flexibility index (Phi) is 4.94. The zero-order valence-corrected chi connectivity index (χ0v) is 13.3. The van der Waals surface area contributed by atoms with Gasteiger partial charge in [-0.1, -0.05) is 11.6 Å². The van der Waals surface area contributed by atoms with Crippen molar-refractivity contribution < 1.29 is 14.5 Å². The standard InChI is InChI=1S/C13H12ClN3O4S/c1-3-21-13(18)11-12(22-7(2)15-11)16-9-5-4-8(14)6-10(9)17(19)20/h4-6,16H,3H2,1-2H3. The molecule has 1 N–H and O–H groups in total. The summed E-state index contributed by atoms with van der Waals surface area (Å²) in [5.41, 5.74) is 0.144. The van der Waals surface area contributed by atoms with Gasteiger partial charge >= 0.3 is 5.97 Å². The smallest absolute Gasteiger partial charge is 0.360 e. The minimum atomic E-state index is -0.578. The van der Waals surface area contributed by atoms with Gasteiger partial charge in [0.05, 0.1) is 16.5 Å². The van der Waals surface area contributed by atoms with Crippen LogP contribution in [0.1, 0.15) is 22.4 Å². The molecule has 0 atom stereocenters. The number of aryl methyl sites for hydroxylation is 1. The SMILES string of the molecule is CCOC(=O)c1nc(C)sc1Nc1ccc(Cl)cc1[N+](=O)[O-]. The monoisotopic (exact) mass is 341 g/mol. The lowest BCUT2D eigenvalue weighted by Gasteiger charge is -2.07. The highest BCUT2D eigenvalue weighted by atomic mass is 35.5. The number of hydrogen-bond donors (Lipinski definition) is 1. The average molecular weight is 342 g/mol. The van der Waals surface area contributed by atoms with Crippen LogP contribution in [0.25, 0.3) is 0 Å². The Bertz CT molecular complexity index is 732. The van der Waals surface area contributed by atoms with Gasteiger partial charge in [-0.05, 0) is 26.0 Å². The lowest BCUT2D eigenvalue weighted by atomic mass is 10.2. The lowest BCUT2D eigenvalue weighted by molar-refractivity contribution is -0.383. The number of anilines is 2. The van der Waals surface area contributed by atoms with Crippen LogP contribution in [0.3, 0.4) is 0 Å². The number of carbonyl (C=O) groups is 1. The number of halogens is 1. The number of rotatable bonds is 5. The van der Waals surface area contributed by atoms with Crippen molar-refractivity contribution in [3.8, 4) is 0 Å². The molecule has 0 aliphatic heterocycles. The minimum Gasteiger partial charge on any atom is -0.461 e. The van der Waals surface area contributed by atoms with Gasteiger partial charge in [0.25, 0.3) is 5.69 Å². The molecule has 1 aromatic carbocycles. The van der Waals surface area contributed by atoms with E-state index in [1.165, 1.54) is 29.5 Å². The number of thiazole rings is 1. The average Bonchev–Trinajstić information content (AvgIpc) is 2.82. The van der Waals surface area contributed by atoms with Gasteiger partial charge in [-0.2, -0.15) is 0 Å². The molecule has 0 bridgehead atoms. The second kappa shape index (κ2) is 6.71. The molecule has 0 amide bonds. The fraction of sp³-hybridized carbons (Fsp3) is 0.231. The third kappa shape index (κ3) is 3.52. The first kappa shape index (κ1) is 16.2. The van der Waals surface area contributed by atoms with Crippen molar-refractivity contribution in [3.63, 3.8) is 0 Å². The molecule has 0 saturated heterocycles. The van der Waals surface area contributed by atoms with Crippen LogP contribution in [0, 0.1) is 17.0 Å². The van der Waals surface area contributed by atoms with Gasteiger partial charge < -0.3 is 10.1 Å². The van der Waals surface area contributed by atoms with Crippen LogP contribution in [0.15, 0.2) is 18.2 Å². The van der Waals surface area contributed by atoms with Crippen molar-refractivity contribution >= 4 is 45.3 Å². The van der Waals surface area contributed by atoms with Gasteiger partial charge in [0.15, 0.2) is 5.69 Å². The van der Waals surface area contributed by atoms with Crippen LogP contribution in [-0.4, -0.2) is 22.5 Å². The van der Waals surface area contributed by atoms with Gasteiger partial charge in [-0.3, -0.25) is 10.1 Å².